The molecule has 0 aromatic heterocycles. The average molecular weight is 813 g/mol. The Kier molecular flexibility index (Phi) is 17.0. The molecule has 0 saturated carbocycles. The third kappa shape index (κ3) is 10.7. The Balaban J connectivity index is 1.47. The number of likely N-dealkylation sites (tertiary alicyclic amines) is 2. The fraction of sp³-hybridized carbons (Fsp3) is 0.750. The molecule has 0 spiro atoms. The highest BCUT2D eigenvalue weighted by atomic mass is 16.5. The molecule has 58 heavy (non-hydrogen) atoms. The maximum Gasteiger partial charge on any atom is 0.328 e. The van der Waals surface area contributed by atoms with E-state index in [9.17, 15) is 24.0 Å². The fourth-order valence-corrected chi connectivity index (χ4v) is 9.25. The minimum Gasteiger partial charge on any atom is -0.467 e. The largest absolute Gasteiger partial charge is 0.467 e. The highest BCUT2D eigenvalue weighted by Gasteiger charge is 2.45. The summed E-state index contributed by atoms with van der Waals surface area (Å²) in [7, 11) is 8.10. The number of benzene rings is 1. The predicted octanol–water partition coefficient (Wildman–Crippen LogP) is 3.79. The number of anilines is 1. The number of fused-ring (bicyclic) bond motifs is 1. The molecule has 0 aliphatic carbocycles. The zero-order chi connectivity index (χ0) is 42.9. The number of nitrogens with one attached hydrogen (secondary N) is 3. The van der Waals surface area contributed by atoms with Gasteiger partial charge in [-0.3, -0.25) is 24.1 Å². The molecule has 326 valence electrons. The van der Waals surface area contributed by atoms with Crippen molar-refractivity contribution in [1.29, 1.82) is 0 Å². The third-order valence-electron chi connectivity index (χ3n) is 13.3. The van der Waals surface area contributed by atoms with Gasteiger partial charge in [0.25, 0.3) is 0 Å². The lowest BCUT2D eigenvalue weighted by molar-refractivity contribution is -0.149. The van der Waals surface area contributed by atoms with Crippen LogP contribution in [0.4, 0.5) is 5.69 Å². The molecule has 2 saturated heterocycles. The summed E-state index contributed by atoms with van der Waals surface area (Å²) < 4.78 is 17.1. The summed E-state index contributed by atoms with van der Waals surface area (Å²) in [4.78, 5) is 74.6. The Morgan fingerprint density at radius 1 is 1.00 bits per heavy atom. The molecule has 3 N–H and O–H groups in total. The minimum atomic E-state index is -0.899. The number of likely N-dealkylation sites (N-methyl/N-ethyl adjacent to an activating group) is 2. The van der Waals surface area contributed by atoms with E-state index in [1.54, 1.807) is 38.0 Å². The van der Waals surface area contributed by atoms with Gasteiger partial charge in [-0.05, 0) is 88.1 Å². The SMILES string of the molecule is CC[C@H](C)[C@@H]([C@@H](CC(=O)N1CCC[C@H]1[C@H](OC)[C@@H](C)C(=O)N[C@@H](Cc1ccc2c(c1)CCCN2)C(=O)OC)OC)N(C)C(=O)C(NC(=O)[C@]1(C)CCCN1C)C(C)C. The second-order valence-corrected chi connectivity index (χ2v) is 17.4. The summed E-state index contributed by atoms with van der Waals surface area (Å²) in [6.07, 6.45) is 4.73. The van der Waals surface area contributed by atoms with Crippen molar-refractivity contribution in [2.45, 2.75) is 141 Å². The van der Waals surface area contributed by atoms with Crippen LogP contribution in [-0.4, -0.2) is 141 Å². The molecule has 4 rings (SSSR count). The van der Waals surface area contributed by atoms with Crippen LogP contribution in [0.1, 0.15) is 97.6 Å². The van der Waals surface area contributed by atoms with Gasteiger partial charge in [0.1, 0.15) is 12.1 Å². The molecule has 1 aromatic rings. The molecule has 4 amide bonds. The number of amides is 4. The molecular weight excluding hydrogens is 741 g/mol. The normalized spacial score (nSPS) is 23.1. The lowest BCUT2D eigenvalue weighted by Crippen LogP contribution is -2.61. The standard InChI is InChI=1S/C44H72N6O8/c1-12-28(4)38(49(8)41(53)37(27(2)3)47-43(55)44(6)20-15-22-48(44)7)35(56-9)26-36(51)50-23-14-17-34(50)39(57-10)29(5)40(52)46-33(42(54)58-11)25-30-18-19-32-31(24-30)16-13-21-45-32/h18-19,24,27-29,33-35,37-39,45H,12-17,20-23,25-26H2,1-11H3,(H,46,52)(H,47,55)/t28-,29+,33-,34-,35+,37?,38-,39+,44-/m0/s1. The van der Waals surface area contributed by atoms with Crippen LogP contribution in [0.5, 0.6) is 0 Å². The number of rotatable bonds is 19. The van der Waals surface area contributed by atoms with Gasteiger partial charge in [0.05, 0.1) is 49.3 Å². The number of hydrogen-bond acceptors (Lipinski definition) is 10. The van der Waals surface area contributed by atoms with Crippen LogP contribution in [0.3, 0.4) is 0 Å². The average Bonchev–Trinajstić information content (AvgIpc) is 3.84. The molecule has 14 heteroatoms. The van der Waals surface area contributed by atoms with Gasteiger partial charge in [-0.1, -0.05) is 53.2 Å². The zero-order valence-electron chi connectivity index (χ0n) is 37.0. The van der Waals surface area contributed by atoms with E-state index in [4.69, 9.17) is 14.2 Å². The molecule has 0 radical (unpaired) electrons. The van der Waals surface area contributed by atoms with E-state index < -0.39 is 53.8 Å². The van der Waals surface area contributed by atoms with Crippen LogP contribution in [0.25, 0.3) is 0 Å². The van der Waals surface area contributed by atoms with Gasteiger partial charge < -0.3 is 40.0 Å². The first-order chi connectivity index (χ1) is 27.5. The summed E-state index contributed by atoms with van der Waals surface area (Å²) in [5, 5.41) is 9.42. The van der Waals surface area contributed by atoms with Crippen LogP contribution in [0, 0.1) is 17.8 Å². The number of ether oxygens (including phenoxy) is 3. The number of methoxy groups -OCH3 is 3. The molecule has 0 bridgehead atoms. The van der Waals surface area contributed by atoms with Crippen molar-refractivity contribution in [3.05, 3.63) is 29.3 Å². The number of aryl methyl sites for hydroxylation is 1. The Bertz CT molecular complexity index is 1590. The van der Waals surface area contributed by atoms with Crippen molar-refractivity contribution < 1.29 is 38.2 Å². The highest BCUT2D eigenvalue weighted by molar-refractivity contribution is 5.92. The summed E-state index contributed by atoms with van der Waals surface area (Å²) in [6, 6.07) is 3.56. The van der Waals surface area contributed by atoms with Crippen molar-refractivity contribution in [2.24, 2.45) is 17.8 Å². The number of nitrogens with zero attached hydrogens (tertiary/aromatic N) is 3. The second-order valence-electron chi connectivity index (χ2n) is 17.4. The van der Waals surface area contributed by atoms with Crippen molar-refractivity contribution in [3.8, 4) is 0 Å². The van der Waals surface area contributed by atoms with Crippen LogP contribution >= 0.6 is 0 Å². The van der Waals surface area contributed by atoms with Crippen LogP contribution in [0.15, 0.2) is 18.2 Å². The molecule has 2 fully saturated rings. The van der Waals surface area contributed by atoms with Gasteiger partial charge in [0.15, 0.2) is 0 Å². The van der Waals surface area contributed by atoms with Gasteiger partial charge in [0, 0.05) is 46.5 Å². The first kappa shape index (κ1) is 46.9. The lowest BCUT2D eigenvalue weighted by Gasteiger charge is -2.41. The summed E-state index contributed by atoms with van der Waals surface area (Å²) in [5.41, 5.74) is 2.52. The quantitative estimate of drug-likeness (QED) is 0.176. The Hall–Kier alpha value is -3.75. The number of esters is 1. The van der Waals surface area contributed by atoms with Gasteiger partial charge in [-0.15, -0.1) is 0 Å². The van der Waals surface area contributed by atoms with Gasteiger partial charge >= 0.3 is 5.97 Å². The molecule has 3 heterocycles. The number of carbonyl (C=O) groups is 5. The topological polar surface area (TPSA) is 159 Å². The highest BCUT2D eigenvalue weighted by Crippen LogP contribution is 2.31. The summed E-state index contributed by atoms with van der Waals surface area (Å²) in [6.45, 7) is 13.9. The zero-order valence-corrected chi connectivity index (χ0v) is 37.0. The van der Waals surface area contributed by atoms with Crippen LogP contribution < -0.4 is 16.0 Å². The Morgan fingerprint density at radius 3 is 2.33 bits per heavy atom. The first-order valence-electron chi connectivity index (χ1n) is 21.4. The molecule has 1 aromatic carbocycles. The smallest absolute Gasteiger partial charge is 0.328 e. The van der Waals surface area contributed by atoms with E-state index in [1.807, 2.05) is 58.7 Å². The lowest BCUT2D eigenvalue weighted by atomic mass is 9.89. The molecule has 3 aliphatic rings. The van der Waals surface area contributed by atoms with Crippen LogP contribution in [-0.2, 0) is 51.0 Å². The molecular formula is C44H72N6O8. The van der Waals surface area contributed by atoms with E-state index in [0.717, 1.165) is 62.9 Å². The van der Waals surface area contributed by atoms with Crippen LogP contribution in [0.2, 0.25) is 0 Å². The van der Waals surface area contributed by atoms with E-state index >= 15 is 0 Å². The van der Waals surface area contributed by atoms with Crippen molar-refractivity contribution >= 4 is 35.3 Å². The van der Waals surface area contributed by atoms with Gasteiger partial charge in [-0.2, -0.15) is 0 Å². The molecule has 3 aliphatic heterocycles. The van der Waals surface area contributed by atoms with Gasteiger partial charge in [-0.25, -0.2) is 4.79 Å². The summed E-state index contributed by atoms with van der Waals surface area (Å²) in [5.74, 6) is -2.34. The third-order valence-corrected chi connectivity index (χ3v) is 13.3. The monoisotopic (exact) mass is 813 g/mol. The first-order valence-corrected chi connectivity index (χ1v) is 21.4. The van der Waals surface area contributed by atoms with E-state index in [-0.39, 0.29) is 48.3 Å². The Labute approximate surface area is 346 Å². The maximum atomic E-state index is 14.3. The molecule has 9 atom stereocenters. The van der Waals surface area contributed by atoms with E-state index in [2.05, 4.69) is 22.0 Å². The number of hydrogen-bond donors (Lipinski definition) is 3. The maximum absolute atomic E-state index is 14.3. The molecule has 1 unspecified atom stereocenters. The Morgan fingerprint density at radius 2 is 1.72 bits per heavy atom. The minimum absolute atomic E-state index is 0.0128. The summed E-state index contributed by atoms with van der Waals surface area (Å²) >= 11 is 0. The van der Waals surface area contributed by atoms with E-state index in [0.29, 0.717) is 13.0 Å². The van der Waals surface area contributed by atoms with Crippen molar-refractivity contribution in [3.63, 3.8) is 0 Å². The molecule has 14 nitrogen and oxygen atoms in total. The number of carbonyl (C=O) groups excluding carboxylic acids is 5. The second kappa shape index (κ2) is 21.0. The van der Waals surface area contributed by atoms with E-state index in [1.165, 1.54) is 12.7 Å². The van der Waals surface area contributed by atoms with Gasteiger partial charge in [0.2, 0.25) is 23.6 Å². The van der Waals surface area contributed by atoms with Crippen molar-refractivity contribution in [1.82, 2.24) is 25.3 Å². The van der Waals surface area contributed by atoms with Crippen molar-refractivity contribution in [2.75, 3.05) is 60.4 Å². The predicted molar refractivity (Wildman–Crippen MR) is 224 cm³/mol. The fourth-order valence-electron chi connectivity index (χ4n) is 9.25.